The fraction of sp³-hybridized carbons (Fsp3) is 0.500. The van der Waals surface area contributed by atoms with Crippen molar-refractivity contribution in [1.29, 1.82) is 0 Å². The second-order valence-corrected chi connectivity index (χ2v) is 31.6. The van der Waals surface area contributed by atoms with Crippen LogP contribution < -0.4 is 77.4 Å². The van der Waals surface area contributed by atoms with E-state index in [0.717, 1.165) is 0 Å². The van der Waals surface area contributed by atoms with Gasteiger partial charge in [-0.25, -0.2) is 34.9 Å². The lowest BCUT2D eigenvalue weighted by Crippen LogP contribution is -2.47. The molecule has 0 aliphatic heterocycles. The lowest BCUT2D eigenvalue weighted by Gasteiger charge is -2.17. The number of primary amides is 7. The van der Waals surface area contributed by atoms with Crippen molar-refractivity contribution in [3.8, 4) is 0 Å². The third-order valence-corrected chi connectivity index (χ3v) is 18.6. The maximum absolute atomic E-state index is 11.8. The maximum Gasteiger partial charge on any atom is 0.240 e. The summed E-state index contributed by atoms with van der Waals surface area (Å²) >= 11 is 0. The van der Waals surface area contributed by atoms with Crippen LogP contribution in [0.15, 0.2) is 86.8 Å². The first-order chi connectivity index (χ1) is 62.3. The number of Topliss-reactive ketones (excluding diaryl/α,β-unsaturated/α-hetero) is 7. The van der Waals surface area contributed by atoms with Gasteiger partial charge in [-0.3, -0.25) is 67.1 Å². The van der Waals surface area contributed by atoms with Crippen molar-refractivity contribution < 1.29 is 101 Å². The number of hydrogen-bond donors (Lipinski definition) is 21. The van der Waals surface area contributed by atoms with Gasteiger partial charge in [0.2, 0.25) is 82.7 Å². The summed E-state index contributed by atoms with van der Waals surface area (Å²) < 4.78 is 0. The van der Waals surface area contributed by atoms with Crippen LogP contribution in [-0.4, -0.2) is 235 Å². The standard InChI is InChI=1S/7C12H18N4O3/c7*1-7(5-8(2)17)12(19)16-9(11(13)18)6-10-14-3-4-15-10/h7*3-4,7,9H,5-6H2,1-2H3,(H2,13,18)(H,14,15)(H,16,19)/t4*7-,9+;3*7-,9-/m1100100/s1. The van der Waals surface area contributed by atoms with Gasteiger partial charge in [0.25, 0.3) is 0 Å². The van der Waals surface area contributed by atoms with Crippen LogP contribution in [0.3, 0.4) is 0 Å². The third kappa shape index (κ3) is 50.9. The number of H-pyrrole nitrogens is 7. The summed E-state index contributed by atoms with van der Waals surface area (Å²) in [4.78, 5) is 286. The Hall–Kier alpha value is -15.3. The molecule has 0 spiro atoms. The monoisotopic (exact) mass is 1860 g/mol. The van der Waals surface area contributed by atoms with Crippen LogP contribution in [-0.2, 0) is 146 Å². The van der Waals surface area contributed by atoms with Gasteiger partial charge in [0, 0.05) is 218 Å². The van der Waals surface area contributed by atoms with Crippen LogP contribution >= 0.6 is 0 Å². The summed E-state index contributed by atoms with van der Waals surface area (Å²) in [5.74, 6) is -7.14. The number of nitrogens with two attached hydrogens (primary N) is 7. The molecule has 49 heteroatoms. The Balaban J connectivity index is 0.000000776. The molecule has 0 aromatic carbocycles. The molecule has 28 N–H and O–H groups in total. The van der Waals surface area contributed by atoms with Gasteiger partial charge in [-0.05, 0) is 48.5 Å². The summed E-state index contributed by atoms with van der Waals surface area (Å²) in [7, 11) is 0. The highest BCUT2D eigenvalue weighted by atomic mass is 16.2. The van der Waals surface area contributed by atoms with Crippen molar-refractivity contribution in [3.05, 3.63) is 128 Å². The van der Waals surface area contributed by atoms with Crippen LogP contribution in [0, 0.1) is 41.4 Å². The SMILES string of the molecule is CC(=O)C[C@@H](C)C(=O)N[C@@H](Cc1ncc[nH]1)C(N)=O.CC(=O)C[C@@H](C)C(=O)N[C@@H](Cc1ncc[nH]1)C(N)=O.CC(=O)C[C@@H](C)C(=O)N[C@H](Cc1ncc[nH]1)C(N)=O.CC(=O)C[C@H](C)C(=O)N[C@@H](Cc1ncc[nH]1)C(N)=O.CC(=O)C[C@H](C)C(=O)N[C@@H](Cc1ncc[nH]1)C(N)=O.CC(=O)C[C@H](C)C(=O)N[C@H](Cc1ncc[nH]1)C(N)=O.CC(=O)C[C@H](C)C(=O)N[C@H](Cc1ncc[nH]1)C(N)=O. The first-order valence-electron chi connectivity index (χ1n) is 41.8. The molecule has 133 heavy (non-hydrogen) atoms. The summed E-state index contributed by atoms with van der Waals surface area (Å²) in [5, 5.41) is 17.7. The summed E-state index contributed by atoms with van der Waals surface area (Å²) in [6.45, 7) is 21.3. The quantitative estimate of drug-likeness (QED) is 0.0178. The average Bonchev–Trinajstić information content (AvgIpc) is 1.89. The van der Waals surface area contributed by atoms with Crippen LogP contribution in [0.5, 0.6) is 0 Å². The number of nitrogens with one attached hydrogen (secondary N) is 14. The molecule has 0 saturated carbocycles. The van der Waals surface area contributed by atoms with Gasteiger partial charge in [-0.15, -0.1) is 0 Å². The zero-order valence-corrected chi connectivity index (χ0v) is 76.8. The predicted octanol–water partition coefficient (Wildman–Crippen LogP) is -3.24. The molecule has 14 amide bonds. The number of amides is 14. The number of ketones is 7. The van der Waals surface area contributed by atoms with E-state index in [9.17, 15) is 101 Å². The largest absolute Gasteiger partial charge is 0.368 e. The summed E-state index contributed by atoms with van der Waals surface area (Å²) in [6.07, 6.45) is 24.5. The highest BCUT2D eigenvalue weighted by Crippen LogP contribution is 2.13. The van der Waals surface area contributed by atoms with Gasteiger partial charge in [-0.1, -0.05) is 48.5 Å². The van der Waals surface area contributed by atoms with Crippen LogP contribution in [0.25, 0.3) is 0 Å². The lowest BCUT2D eigenvalue weighted by atomic mass is 10.0. The Morgan fingerprint density at radius 1 is 0.211 bits per heavy atom. The minimum absolute atomic E-state index is 0.0793. The zero-order valence-electron chi connectivity index (χ0n) is 76.8. The Labute approximate surface area is 765 Å². The van der Waals surface area contributed by atoms with E-state index in [0.29, 0.717) is 40.8 Å². The highest BCUT2D eigenvalue weighted by Gasteiger charge is 2.31. The predicted molar refractivity (Wildman–Crippen MR) is 475 cm³/mol. The molecule has 0 bridgehead atoms. The Morgan fingerprint density at radius 2 is 0.308 bits per heavy atom. The Morgan fingerprint density at radius 3 is 0.376 bits per heavy atom. The molecule has 728 valence electrons. The Kier molecular flexibility index (Phi) is 53.3. The lowest BCUT2D eigenvalue weighted by molar-refractivity contribution is -0.131. The number of aromatic amines is 7. The smallest absolute Gasteiger partial charge is 0.240 e. The molecule has 0 fully saturated rings. The Bertz CT molecular complexity index is 4040. The molecule has 0 radical (unpaired) electrons. The normalized spacial score (nSPS) is 13.6. The molecule has 0 aliphatic rings. The molecule has 0 unspecified atom stereocenters. The van der Waals surface area contributed by atoms with Gasteiger partial charge >= 0.3 is 0 Å². The van der Waals surface area contributed by atoms with Gasteiger partial charge < -0.3 is 146 Å². The van der Waals surface area contributed by atoms with E-state index in [1.165, 1.54) is 48.5 Å². The molecule has 0 saturated heterocycles. The topological polar surface area (TPSA) is 826 Å². The van der Waals surface area contributed by atoms with Crippen molar-refractivity contribution in [2.45, 2.75) is 229 Å². The van der Waals surface area contributed by atoms with Gasteiger partial charge in [0.05, 0.1) is 0 Å². The zero-order chi connectivity index (χ0) is 101. The van der Waals surface area contributed by atoms with Crippen molar-refractivity contribution in [2.75, 3.05) is 0 Å². The number of nitrogens with zero attached hydrogens (tertiary/aromatic N) is 7. The maximum atomic E-state index is 11.8. The molecule has 14 atom stereocenters. The molecular weight excluding hydrogens is 1740 g/mol. The minimum Gasteiger partial charge on any atom is -0.368 e. The first kappa shape index (κ1) is 116. The van der Waals surface area contributed by atoms with E-state index in [-0.39, 0.29) is 172 Å². The molecule has 7 heterocycles. The van der Waals surface area contributed by atoms with E-state index in [2.05, 4.69) is 107 Å². The van der Waals surface area contributed by atoms with Gasteiger partial charge in [0.1, 0.15) is 124 Å². The molecular formula is C84H126N28O21. The van der Waals surface area contributed by atoms with E-state index < -0.39 is 125 Å². The van der Waals surface area contributed by atoms with Crippen molar-refractivity contribution in [3.63, 3.8) is 0 Å². The highest BCUT2D eigenvalue weighted by molar-refractivity contribution is 5.95. The number of hydrogen-bond acceptors (Lipinski definition) is 28. The summed E-state index contributed by atoms with van der Waals surface area (Å²) in [6, 6.07) is -5.88. The number of aromatic nitrogens is 14. The number of rotatable bonds is 49. The van der Waals surface area contributed by atoms with E-state index >= 15 is 0 Å². The van der Waals surface area contributed by atoms with Crippen molar-refractivity contribution in [1.82, 2.24) is 107 Å². The third-order valence-electron chi connectivity index (χ3n) is 18.6. The molecule has 7 aromatic rings. The first-order valence-corrected chi connectivity index (χ1v) is 41.8. The van der Waals surface area contributed by atoms with Gasteiger partial charge in [0.15, 0.2) is 0 Å². The van der Waals surface area contributed by atoms with E-state index in [1.807, 2.05) is 0 Å². The van der Waals surface area contributed by atoms with E-state index in [1.54, 1.807) is 135 Å². The molecule has 49 nitrogen and oxygen atoms in total. The van der Waals surface area contributed by atoms with Crippen LogP contribution in [0.1, 0.15) is 183 Å². The van der Waals surface area contributed by atoms with Crippen molar-refractivity contribution in [2.24, 2.45) is 81.6 Å². The number of carbonyl (C=O) groups is 21. The van der Waals surface area contributed by atoms with Gasteiger partial charge in [-0.2, -0.15) is 0 Å². The number of carbonyl (C=O) groups excluding carboxylic acids is 21. The fourth-order valence-electron chi connectivity index (χ4n) is 11.6. The van der Waals surface area contributed by atoms with Crippen molar-refractivity contribution >= 4 is 123 Å². The van der Waals surface area contributed by atoms with Crippen LogP contribution in [0.2, 0.25) is 0 Å². The average molecular weight is 1860 g/mol. The van der Waals surface area contributed by atoms with Crippen LogP contribution in [0.4, 0.5) is 0 Å². The molecule has 7 aromatic heterocycles. The molecule has 7 rings (SSSR count). The second-order valence-electron chi connectivity index (χ2n) is 31.6. The number of imidazole rings is 7. The minimum atomic E-state index is -0.840. The second kappa shape index (κ2) is 61.3. The summed E-state index contributed by atoms with van der Waals surface area (Å²) in [5.41, 5.74) is 36.7. The fourth-order valence-corrected chi connectivity index (χ4v) is 11.6. The van der Waals surface area contributed by atoms with E-state index in [4.69, 9.17) is 40.1 Å². The molecule has 0 aliphatic carbocycles.